The molecule has 2 heterocycles. The smallest absolute Gasteiger partial charge is 0.269 e. The maximum absolute atomic E-state index is 12.2. The van der Waals surface area contributed by atoms with Gasteiger partial charge in [-0.3, -0.25) is 14.6 Å². The predicted molar refractivity (Wildman–Crippen MR) is 112 cm³/mol. The molecule has 0 aliphatic carbocycles. The van der Waals surface area contributed by atoms with Gasteiger partial charge in [-0.1, -0.05) is 12.1 Å². The maximum Gasteiger partial charge on any atom is 0.269 e. The zero-order chi connectivity index (χ0) is 21.3. The van der Waals surface area contributed by atoms with Gasteiger partial charge in [-0.15, -0.1) is 0 Å². The lowest BCUT2D eigenvalue weighted by molar-refractivity contribution is -0.116. The van der Waals surface area contributed by atoms with Gasteiger partial charge < -0.3 is 20.1 Å². The van der Waals surface area contributed by atoms with Crippen molar-refractivity contribution in [1.82, 2.24) is 15.3 Å². The second-order valence-corrected chi connectivity index (χ2v) is 6.31. The molecule has 0 saturated carbocycles. The minimum atomic E-state index is -0.280. The average Bonchev–Trinajstić information content (AvgIpc) is 2.78. The number of nitrogens with one attached hydrogen (secondary N) is 2. The van der Waals surface area contributed by atoms with Crippen LogP contribution in [0.4, 0.5) is 5.69 Å². The van der Waals surface area contributed by atoms with Crippen molar-refractivity contribution in [2.24, 2.45) is 0 Å². The first-order chi connectivity index (χ1) is 14.6. The molecule has 0 unspecified atom stereocenters. The molecule has 3 aromatic rings. The van der Waals surface area contributed by atoms with E-state index < -0.39 is 0 Å². The molecule has 0 fully saturated rings. The van der Waals surface area contributed by atoms with Crippen LogP contribution in [0.5, 0.6) is 17.4 Å². The van der Waals surface area contributed by atoms with Gasteiger partial charge in [-0.2, -0.15) is 0 Å². The first-order valence-corrected chi connectivity index (χ1v) is 9.33. The number of hydrogen-bond donors (Lipinski definition) is 2. The maximum atomic E-state index is 12.2. The molecule has 2 aromatic heterocycles. The first-order valence-electron chi connectivity index (χ1n) is 9.33. The van der Waals surface area contributed by atoms with Crippen LogP contribution in [0.3, 0.4) is 0 Å². The van der Waals surface area contributed by atoms with Gasteiger partial charge >= 0.3 is 0 Å². The number of hydrogen-bond acceptors (Lipinski definition) is 6. The fraction of sp³-hybridized carbons (Fsp3) is 0.182. The van der Waals surface area contributed by atoms with Crippen molar-refractivity contribution in [1.29, 1.82) is 0 Å². The third-order valence-corrected chi connectivity index (χ3v) is 4.23. The van der Waals surface area contributed by atoms with E-state index in [1.165, 1.54) is 13.3 Å². The summed E-state index contributed by atoms with van der Waals surface area (Å²) in [5, 5.41) is 5.33. The van der Waals surface area contributed by atoms with E-state index in [0.717, 1.165) is 5.56 Å². The second kappa shape index (κ2) is 10.0. The molecule has 0 aliphatic heterocycles. The number of carbonyl (C=O) groups is 2. The Bertz CT molecular complexity index is 1020. The highest BCUT2D eigenvalue weighted by atomic mass is 16.5. The van der Waals surface area contributed by atoms with Crippen LogP contribution < -0.4 is 20.1 Å². The number of aromatic nitrogens is 2. The van der Waals surface area contributed by atoms with Crippen molar-refractivity contribution in [2.45, 2.75) is 12.8 Å². The molecule has 0 bridgehead atoms. The number of nitrogens with zero attached hydrogens (tertiary/aromatic N) is 2. The Morgan fingerprint density at radius 3 is 2.53 bits per heavy atom. The molecule has 0 atom stereocenters. The van der Waals surface area contributed by atoms with Crippen LogP contribution in [-0.2, 0) is 11.2 Å². The summed E-state index contributed by atoms with van der Waals surface area (Å²) in [6.45, 7) is 0. The van der Waals surface area contributed by atoms with Crippen molar-refractivity contribution in [2.75, 3.05) is 19.5 Å². The van der Waals surface area contributed by atoms with Gasteiger partial charge in [-0.25, -0.2) is 4.98 Å². The molecule has 0 saturated heterocycles. The molecule has 0 aliphatic rings. The molecular weight excluding hydrogens is 384 g/mol. The Morgan fingerprint density at radius 1 is 1.00 bits per heavy atom. The van der Waals surface area contributed by atoms with E-state index in [0.29, 0.717) is 35.9 Å². The molecule has 0 spiro atoms. The summed E-state index contributed by atoms with van der Waals surface area (Å²) in [5.74, 6) is 1.11. The van der Waals surface area contributed by atoms with Gasteiger partial charge in [0.2, 0.25) is 11.8 Å². The Hall–Kier alpha value is -3.94. The summed E-state index contributed by atoms with van der Waals surface area (Å²) < 4.78 is 10.9. The van der Waals surface area contributed by atoms with Gasteiger partial charge in [0.1, 0.15) is 22.9 Å². The van der Waals surface area contributed by atoms with Gasteiger partial charge in [-0.05, 0) is 42.3 Å². The van der Waals surface area contributed by atoms with Crippen LogP contribution in [0.1, 0.15) is 22.5 Å². The van der Waals surface area contributed by atoms with E-state index in [4.69, 9.17) is 9.47 Å². The molecule has 0 radical (unpaired) electrons. The third-order valence-electron chi connectivity index (χ3n) is 4.23. The quantitative estimate of drug-likeness (QED) is 0.596. The number of benzene rings is 1. The zero-order valence-corrected chi connectivity index (χ0v) is 16.7. The van der Waals surface area contributed by atoms with E-state index in [-0.39, 0.29) is 17.5 Å². The molecule has 8 nitrogen and oxygen atoms in total. The van der Waals surface area contributed by atoms with Gasteiger partial charge in [0, 0.05) is 31.9 Å². The molecular formula is C22H22N4O4. The lowest BCUT2D eigenvalue weighted by Gasteiger charge is -2.09. The minimum absolute atomic E-state index is 0.125. The fourth-order valence-corrected chi connectivity index (χ4v) is 2.71. The topological polar surface area (TPSA) is 102 Å². The molecule has 2 N–H and O–H groups in total. The van der Waals surface area contributed by atoms with Crippen molar-refractivity contribution in [3.8, 4) is 17.4 Å². The third kappa shape index (κ3) is 5.54. The van der Waals surface area contributed by atoms with Gasteiger partial charge in [0.05, 0.1) is 7.11 Å². The van der Waals surface area contributed by atoms with Gasteiger partial charge in [0.15, 0.2) is 0 Å². The summed E-state index contributed by atoms with van der Waals surface area (Å²) in [6, 6.07) is 14.2. The minimum Gasteiger partial charge on any atom is -0.480 e. The lowest BCUT2D eigenvalue weighted by atomic mass is 10.1. The molecule has 154 valence electrons. The van der Waals surface area contributed by atoms with E-state index in [1.807, 2.05) is 24.3 Å². The predicted octanol–water partition coefficient (Wildman–Crippen LogP) is 3.21. The summed E-state index contributed by atoms with van der Waals surface area (Å²) in [6.07, 6.45) is 4.01. The Balaban J connectivity index is 1.54. The van der Waals surface area contributed by atoms with Crippen molar-refractivity contribution < 1.29 is 19.1 Å². The lowest BCUT2D eigenvalue weighted by Crippen LogP contribution is -2.18. The van der Waals surface area contributed by atoms with Crippen LogP contribution in [0.15, 0.2) is 60.9 Å². The number of carbonyl (C=O) groups excluding carboxylic acids is 2. The summed E-state index contributed by atoms with van der Waals surface area (Å²) in [5.41, 5.74) is 1.82. The summed E-state index contributed by atoms with van der Waals surface area (Å²) in [4.78, 5) is 31.9. The molecule has 1 aromatic carbocycles. The number of rotatable bonds is 8. The van der Waals surface area contributed by atoms with E-state index in [1.54, 1.807) is 37.5 Å². The van der Waals surface area contributed by atoms with Crippen molar-refractivity contribution in [3.05, 3.63) is 72.2 Å². The van der Waals surface area contributed by atoms with Crippen LogP contribution >= 0.6 is 0 Å². The Labute approximate surface area is 174 Å². The number of ether oxygens (including phenoxy) is 2. The highest BCUT2D eigenvalue weighted by Crippen LogP contribution is 2.23. The van der Waals surface area contributed by atoms with Crippen LogP contribution in [0.2, 0.25) is 0 Å². The first kappa shape index (κ1) is 20.8. The van der Waals surface area contributed by atoms with Crippen LogP contribution in [0, 0.1) is 0 Å². The molecule has 3 rings (SSSR count). The average molecular weight is 406 g/mol. The Morgan fingerprint density at radius 2 is 1.80 bits per heavy atom. The van der Waals surface area contributed by atoms with Crippen molar-refractivity contribution >= 4 is 17.5 Å². The normalized spacial score (nSPS) is 10.2. The van der Waals surface area contributed by atoms with Crippen LogP contribution in [-0.4, -0.2) is 35.9 Å². The van der Waals surface area contributed by atoms with Gasteiger partial charge in [0.25, 0.3) is 5.91 Å². The molecule has 8 heteroatoms. The highest BCUT2D eigenvalue weighted by molar-refractivity contribution is 5.92. The summed E-state index contributed by atoms with van der Waals surface area (Å²) in [7, 11) is 3.05. The van der Waals surface area contributed by atoms with Crippen molar-refractivity contribution in [3.63, 3.8) is 0 Å². The summed E-state index contributed by atoms with van der Waals surface area (Å²) >= 11 is 0. The van der Waals surface area contributed by atoms with E-state index in [2.05, 4.69) is 20.6 Å². The monoisotopic (exact) mass is 406 g/mol. The fourth-order valence-electron chi connectivity index (χ4n) is 2.71. The number of methoxy groups -OCH3 is 1. The van der Waals surface area contributed by atoms with E-state index >= 15 is 0 Å². The zero-order valence-electron chi connectivity index (χ0n) is 16.7. The number of amides is 2. The molecule has 2 amide bonds. The number of aryl methyl sites for hydroxylation is 1. The molecule has 30 heavy (non-hydrogen) atoms. The Kier molecular flexibility index (Phi) is 6.94. The second-order valence-electron chi connectivity index (χ2n) is 6.31. The highest BCUT2D eigenvalue weighted by Gasteiger charge is 2.09. The largest absolute Gasteiger partial charge is 0.480 e. The number of pyridine rings is 2. The van der Waals surface area contributed by atoms with E-state index in [9.17, 15) is 9.59 Å². The standard InChI is InChI=1S/C22H22N4O4/c1-23-21(28)19-14-17(11-13-24-19)30-16-8-5-15(6-9-16)7-10-20(27)26-18-4-3-12-25-22(18)29-2/h3-6,8-9,11-14H,7,10H2,1-2H3,(H,23,28)(H,26,27). The SMILES string of the molecule is CNC(=O)c1cc(Oc2ccc(CCC(=O)Nc3cccnc3OC)cc2)ccn1. The van der Waals surface area contributed by atoms with Crippen LogP contribution in [0.25, 0.3) is 0 Å². The number of anilines is 1.